The number of nitrogens with zero attached hydrogens (tertiary/aromatic N) is 1. The van der Waals surface area contributed by atoms with Gasteiger partial charge in [0.25, 0.3) is 5.91 Å². The minimum absolute atomic E-state index is 0.274. The van der Waals surface area contributed by atoms with Gasteiger partial charge in [0.2, 0.25) is 0 Å². The third-order valence-corrected chi connectivity index (χ3v) is 3.82. The van der Waals surface area contributed by atoms with Crippen LogP contribution in [0.4, 0.5) is 5.69 Å². The van der Waals surface area contributed by atoms with Crippen molar-refractivity contribution in [2.24, 2.45) is 5.73 Å². The van der Waals surface area contributed by atoms with Crippen LogP contribution >= 0.6 is 22.9 Å². The van der Waals surface area contributed by atoms with Crippen molar-refractivity contribution in [1.82, 2.24) is 0 Å². The normalized spacial score (nSPS) is 9.38. The summed E-state index contributed by atoms with van der Waals surface area (Å²) in [6.45, 7) is 0.274. The second-order valence-electron chi connectivity index (χ2n) is 3.93. The summed E-state index contributed by atoms with van der Waals surface area (Å²) >= 11 is 7.27. The molecular weight excluding hydrogens is 306 g/mol. The molecule has 4 nitrogen and oxygen atoms in total. The first kappa shape index (κ1) is 15.1. The van der Waals surface area contributed by atoms with Gasteiger partial charge in [-0.15, -0.1) is 11.3 Å². The van der Waals surface area contributed by atoms with Crippen molar-refractivity contribution in [3.05, 3.63) is 50.7 Å². The number of anilines is 1. The van der Waals surface area contributed by atoms with E-state index in [4.69, 9.17) is 22.6 Å². The lowest BCUT2D eigenvalue weighted by molar-refractivity contribution is 0.103. The number of amides is 1. The maximum Gasteiger partial charge on any atom is 0.265 e. The van der Waals surface area contributed by atoms with E-state index in [-0.39, 0.29) is 12.5 Å². The highest BCUT2D eigenvalue weighted by Gasteiger charge is 2.11. The van der Waals surface area contributed by atoms with Gasteiger partial charge in [0, 0.05) is 0 Å². The van der Waals surface area contributed by atoms with Gasteiger partial charge in [0.05, 0.1) is 38.6 Å². The number of hydrogen-bond acceptors (Lipinski definition) is 4. The van der Waals surface area contributed by atoms with E-state index in [0.29, 0.717) is 21.2 Å². The van der Waals surface area contributed by atoms with Crippen LogP contribution < -0.4 is 11.1 Å². The molecule has 1 amide bonds. The zero-order valence-corrected chi connectivity index (χ0v) is 12.4. The Bertz CT molecular complexity index is 780. The lowest BCUT2D eigenvalue weighted by Gasteiger charge is -2.06. The number of rotatable bonds is 2. The molecular formula is C15H10ClN3OS. The number of nitrogens with one attached hydrogen (secondary N) is 1. The summed E-state index contributed by atoms with van der Waals surface area (Å²) in [4.78, 5) is 13.4. The maximum atomic E-state index is 12.1. The Morgan fingerprint density at radius 3 is 2.90 bits per heavy atom. The van der Waals surface area contributed by atoms with Gasteiger partial charge in [-0.3, -0.25) is 4.79 Å². The molecule has 0 aliphatic rings. The molecule has 1 aromatic heterocycles. The molecule has 0 atom stereocenters. The second kappa shape index (κ2) is 6.92. The Balaban J connectivity index is 2.18. The van der Waals surface area contributed by atoms with E-state index in [0.717, 1.165) is 4.88 Å². The molecule has 0 radical (unpaired) electrons. The first-order valence-corrected chi connectivity index (χ1v) is 7.13. The van der Waals surface area contributed by atoms with E-state index in [2.05, 4.69) is 17.2 Å². The molecule has 0 saturated carbocycles. The Kier molecular flexibility index (Phi) is 4.97. The molecule has 0 aliphatic heterocycles. The minimum atomic E-state index is -0.294. The number of nitriles is 1. The number of thiophene rings is 1. The lowest BCUT2D eigenvalue weighted by Crippen LogP contribution is -2.10. The molecule has 3 N–H and O–H groups in total. The molecule has 6 heteroatoms. The zero-order chi connectivity index (χ0) is 15.2. The molecule has 0 bridgehead atoms. The van der Waals surface area contributed by atoms with Gasteiger partial charge in [0.15, 0.2) is 0 Å². The van der Waals surface area contributed by atoms with Crippen LogP contribution in [0.15, 0.2) is 30.3 Å². The van der Waals surface area contributed by atoms with E-state index in [9.17, 15) is 4.79 Å². The molecule has 0 unspecified atom stereocenters. The molecule has 1 aromatic carbocycles. The minimum Gasteiger partial charge on any atom is -0.320 e. The Labute approximate surface area is 131 Å². The molecule has 0 saturated heterocycles. The molecule has 21 heavy (non-hydrogen) atoms. The summed E-state index contributed by atoms with van der Waals surface area (Å²) in [6.07, 6.45) is 0. The van der Waals surface area contributed by atoms with E-state index < -0.39 is 0 Å². The highest BCUT2D eigenvalue weighted by molar-refractivity contribution is 7.14. The van der Waals surface area contributed by atoms with Gasteiger partial charge in [-0.25, -0.2) is 0 Å². The first-order chi connectivity index (χ1) is 10.1. The fraction of sp³-hybridized carbons (Fsp3) is 0.0667. The Hall–Kier alpha value is -2.31. The van der Waals surface area contributed by atoms with E-state index in [1.807, 2.05) is 6.07 Å². The summed E-state index contributed by atoms with van der Waals surface area (Å²) < 4.78 is 0. The van der Waals surface area contributed by atoms with Crippen molar-refractivity contribution in [2.45, 2.75) is 0 Å². The van der Waals surface area contributed by atoms with Crippen LogP contribution in [0, 0.1) is 23.2 Å². The summed E-state index contributed by atoms with van der Waals surface area (Å²) in [6, 6.07) is 10.1. The standard InChI is InChI=1S/C15H10ClN3OS/c16-12-5-3-10(9-18)8-13(12)19-15(20)14-6-4-11(21-14)2-1-7-17/h3-6,8H,7,17H2,(H,19,20). The van der Waals surface area contributed by atoms with Crippen LogP contribution in [-0.4, -0.2) is 12.5 Å². The number of carbonyl (C=O) groups is 1. The van der Waals surface area contributed by atoms with E-state index >= 15 is 0 Å². The van der Waals surface area contributed by atoms with Crippen molar-refractivity contribution in [1.29, 1.82) is 5.26 Å². The molecule has 2 aromatic rings. The molecule has 104 valence electrons. The van der Waals surface area contributed by atoms with Gasteiger partial charge in [-0.2, -0.15) is 5.26 Å². The van der Waals surface area contributed by atoms with Gasteiger partial charge >= 0.3 is 0 Å². The predicted molar refractivity (Wildman–Crippen MR) is 84.4 cm³/mol. The third-order valence-electron chi connectivity index (χ3n) is 2.49. The lowest BCUT2D eigenvalue weighted by atomic mass is 10.2. The van der Waals surface area contributed by atoms with Crippen molar-refractivity contribution >= 4 is 34.5 Å². The van der Waals surface area contributed by atoms with Gasteiger partial charge in [-0.05, 0) is 30.3 Å². The summed E-state index contributed by atoms with van der Waals surface area (Å²) in [5.74, 6) is 5.30. The van der Waals surface area contributed by atoms with Crippen LogP contribution in [0.2, 0.25) is 5.02 Å². The fourth-order valence-electron chi connectivity index (χ4n) is 1.54. The van der Waals surface area contributed by atoms with Gasteiger partial charge < -0.3 is 11.1 Å². The quantitative estimate of drug-likeness (QED) is 0.836. The number of benzene rings is 1. The summed E-state index contributed by atoms with van der Waals surface area (Å²) in [5, 5.41) is 11.9. The number of halogens is 1. The molecule has 0 spiro atoms. The molecule has 2 rings (SSSR count). The average molecular weight is 316 g/mol. The highest BCUT2D eigenvalue weighted by Crippen LogP contribution is 2.24. The maximum absolute atomic E-state index is 12.1. The fourth-order valence-corrected chi connectivity index (χ4v) is 2.48. The number of nitrogens with two attached hydrogens (primary N) is 1. The second-order valence-corrected chi connectivity index (χ2v) is 5.42. The van der Waals surface area contributed by atoms with Crippen LogP contribution in [-0.2, 0) is 0 Å². The van der Waals surface area contributed by atoms with Crippen molar-refractivity contribution < 1.29 is 4.79 Å². The highest BCUT2D eigenvalue weighted by atomic mass is 35.5. The number of hydrogen-bond donors (Lipinski definition) is 2. The molecule has 0 aliphatic carbocycles. The monoisotopic (exact) mass is 315 g/mol. The molecule has 1 heterocycles. The van der Waals surface area contributed by atoms with Crippen LogP contribution in [0.1, 0.15) is 20.1 Å². The van der Waals surface area contributed by atoms with Crippen LogP contribution in [0.3, 0.4) is 0 Å². The first-order valence-electron chi connectivity index (χ1n) is 5.94. The van der Waals surface area contributed by atoms with Gasteiger partial charge in [0.1, 0.15) is 0 Å². The Morgan fingerprint density at radius 1 is 1.38 bits per heavy atom. The van der Waals surface area contributed by atoms with E-state index in [1.165, 1.54) is 17.4 Å². The van der Waals surface area contributed by atoms with E-state index in [1.54, 1.807) is 24.3 Å². The summed E-state index contributed by atoms with van der Waals surface area (Å²) in [5.41, 5.74) is 6.13. The smallest absolute Gasteiger partial charge is 0.265 e. The van der Waals surface area contributed by atoms with Gasteiger partial charge in [-0.1, -0.05) is 23.4 Å². The third kappa shape index (κ3) is 3.84. The summed E-state index contributed by atoms with van der Waals surface area (Å²) in [7, 11) is 0. The predicted octanol–water partition coefficient (Wildman–Crippen LogP) is 2.84. The zero-order valence-electron chi connectivity index (χ0n) is 10.8. The SMILES string of the molecule is N#Cc1ccc(Cl)c(NC(=O)c2ccc(C#CCN)s2)c1. The largest absolute Gasteiger partial charge is 0.320 e. The van der Waals surface area contributed by atoms with Crippen molar-refractivity contribution in [2.75, 3.05) is 11.9 Å². The van der Waals surface area contributed by atoms with Crippen molar-refractivity contribution in [3.8, 4) is 17.9 Å². The van der Waals surface area contributed by atoms with Crippen molar-refractivity contribution in [3.63, 3.8) is 0 Å². The molecule has 0 fully saturated rings. The average Bonchev–Trinajstić information content (AvgIpc) is 2.96. The van der Waals surface area contributed by atoms with Crippen LogP contribution in [0.25, 0.3) is 0 Å². The topological polar surface area (TPSA) is 78.9 Å². The van der Waals surface area contributed by atoms with Crippen LogP contribution in [0.5, 0.6) is 0 Å². The number of carbonyl (C=O) groups excluding carboxylic acids is 1. The Morgan fingerprint density at radius 2 is 2.19 bits per heavy atom.